The topological polar surface area (TPSA) is 24.5 Å². The Labute approximate surface area is 128 Å². The molecule has 0 radical (unpaired) electrons. The third-order valence-electron chi connectivity index (χ3n) is 4.59. The van der Waals surface area contributed by atoms with Crippen LogP contribution in [0.25, 0.3) is 0 Å². The largest absolute Gasteiger partial charge is 0.486 e. The number of benzene rings is 1. The average molecular weight is 288 g/mol. The first-order chi connectivity index (χ1) is 10.3. The minimum absolute atomic E-state index is 0.357. The summed E-state index contributed by atoms with van der Waals surface area (Å²) in [4.78, 5) is 2.54. The van der Waals surface area contributed by atoms with Gasteiger partial charge in [-0.3, -0.25) is 0 Å². The number of rotatable bonds is 4. The van der Waals surface area contributed by atoms with Crippen molar-refractivity contribution in [3.05, 3.63) is 23.3 Å². The molecule has 1 atom stereocenters. The van der Waals surface area contributed by atoms with Gasteiger partial charge in [-0.25, -0.2) is 0 Å². The lowest BCUT2D eigenvalue weighted by molar-refractivity contribution is 0.182. The molecule has 3 nitrogen and oxygen atoms in total. The van der Waals surface area contributed by atoms with Crippen LogP contribution in [0, 0.1) is 0 Å². The molecule has 1 N–H and O–H groups in total. The predicted octanol–water partition coefficient (Wildman–Crippen LogP) is 3.15. The Morgan fingerprint density at radius 3 is 2.62 bits per heavy atom. The first-order valence-corrected chi connectivity index (χ1v) is 8.60. The molecule has 0 spiro atoms. The second kappa shape index (κ2) is 6.69. The Bertz CT molecular complexity index is 486. The van der Waals surface area contributed by atoms with Gasteiger partial charge in [-0.05, 0) is 62.0 Å². The molecule has 2 aliphatic heterocycles. The summed E-state index contributed by atoms with van der Waals surface area (Å²) in [5.41, 5.74) is 4.31. The van der Waals surface area contributed by atoms with E-state index < -0.39 is 0 Å². The van der Waals surface area contributed by atoms with E-state index in [0.29, 0.717) is 6.10 Å². The molecule has 0 fully saturated rings. The summed E-state index contributed by atoms with van der Waals surface area (Å²) in [5, 5.41) is 3.50. The zero-order valence-electron chi connectivity index (χ0n) is 13.5. The SMILES string of the molecule is CCC[C@H]1CN(CCC)c2cc3c(cc2O1)CCNCC3. The summed E-state index contributed by atoms with van der Waals surface area (Å²) in [5.74, 6) is 1.12. The molecule has 0 saturated heterocycles. The number of nitrogens with one attached hydrogen (secondary N) is 1. The fraction of sp³-hybridized carbons (Fsp3) is 0.667. The van der Waals surface area contributed by atoms with Gasteiger partial charge in [-0.2, -0.15) is 0 Å². The smallest absolute Gasteiger partial charge is 0.143 e. The van der Waals surface area contributed by atoms with E-state index in [1.54, 1.807) is 0 Å². The number of hydrogen-bond acceptors (Lipinski definition) is 3. The molecule has 116 valence electrons. The molecule has 2 heterocycles. The van der Waals surface area contributed by atoms with Gasteiger partial charge in [0.2, 0.25) is 0 Å². The third-order valence-corrected chi connectivity index (χ3v) is 4.59. The molecule has 1 aromatic rings. The molecule has 21 heavy (non-hydrogen) atoms. The summed E-state index contributed by atoms with van der Waals surface area (Å²) in [6.45, 7) is 8.87. The maximum atomic E-state index is 6.29. The van der Waals surface area contributed by atoms with E-state index in [1.165, 1.54) is 29.7 Å². The fourth-order valence-electron chi connectivity index (χ4n) is 3.55. The van der Waals surface area contributed by atoms with E-state index in [1.807, 2.05) is 0 Å². The van der Waals surface area contributed by atoms with E-state index in [4.69, 9.17) is 4.74 Å². The lowest BCUT2D eigenvalue weighted by Crippen LogP contribution is -2.40. The molecule has 2 aliphatic rings. The van der Waals surface area contributed by atoms with Crippen molar-refractivity contribution in [1.82, 2.24) is 5.32 Å². The molecule has 0 unspecified atom stereocenters. The minimum Gasteiger partial charge on any atom is -0.486 e. The van der Waals surface area contributed by atoms with E-state index in [2.05, 4.69) is 36.2 Å². The minimum atomic E-state index is 0.357. The Balaban J connectivity index is 1.93. The van der Waals surface area contributed by atoms with Crippen molar-refractivity contribution in [1.29, 1.82) is 0 Å². The van der Waals surface area contributed by atoms with Crippen LogP contribution in [0.1, 0.15) is 44.2 Å². The molecule has 0 bridgehead atoms. The van der Waals surface area contributed by atoms with Crippen LogP contribution in [0.4, 0.5) is 5.69 Å². The van der Waals surface area contributed by atoms with Gasteiger partial charge in [0, 0.05) is 6.54 Å². The summed E-state index contributed by atoms with van der Waals surface area (Å²) in [7, 11) is 0. The van der Waals surface area contributed by atoms with Crippen LogP contribution in [0.3, 0.4) is 0 Å². The molecular formula is C18H28N2O. The van der Waals surface area contributed by atoms with Crippen molar-refractivity contribution in [3.63, 3.8) is 0 Å². The van der Waals surface area contributed by atoms with E-state index in [-0.39, 0.29) is 0 Å². The number of ether oxygens (including phenoxy) is 1. The molecule has 3 rings (SSSR count). The van der Waals surface area contributed by atoms with Crippen molar-refractivity contribution in [2.24, 2.45) is 0 Å². The second-order valence-electron chi connectivity index (χ2n) is 6.31. The van der Waals surface area contributed by atoms with Gasteiger partial charge in [0.25, 0.3) is 0 Å². The number of hydrogen-bond donors (Lipinski definition) is 1. The summed E-state index contributed by atoms with van der Waals surface area (Å²) >= 11 is 0. The molecule has 0 saturated carbocycles. The lowest BCUT2D eigenvalue weighted by atomic mass is 9.99. The molecule has 0 aromatic heterocycles. The van der Waals surface area contributed by atoms with Crippen molar-refractivity contribution in [3.8, 4) is 5.75 Å². The predicted molar refractivity (Wildman–Crippen MR) is 88.5 cm³/mol. The van der Waals surface area contributed by atoms with E-state index >= 15 is 0 Å². The van der Waals surface area contributed by atoms with Crippen LogP contribution in [0.15, 0.2) is 12.1 Å². The molecular weight excluding hydrogens is 260 g/mol. The van der Waals surface area contributed by atoms with Crippen LogP contribution in [-0.4, -0.2) is 32.3 Å². The molecule has 0 amide bonds. The summed E-state index contributed by atoms with van der Waals surface area (Å²) < 4.78 is 6.29. The van der Waals surface area contributed by atoms with E-state index in [9.17, 15) is 0 Å². The van der Waals surface area contributed by atoms with Gasteiger partial charge < -0.3 is 15.0 Å². The van der Waals surface area contributed by atoms with Crippen molar-refractivity contribution >= 4 is 5.69 Å². The molecule has 1 aromatic carbocycles. The van der Waals surface area contributed by atoms with Gasteiger partial charge in [0.05, 0.1) is 12.2 Å². The Kier molecular flexibility index (Phi) is 4.69. The maximum absolute atomic E-state index is 6.29. The Morgan fingerprint density at radius 1 is 1.14 bits per heavy atom. The van der Waals surface area contributed by atoms with E-state index in [0.717, 1.165) is 51.2 Å². The number of fused-ring (bicyclic) bond motifs is 2. The van der Waals surface area contributed by atoms with Gasteiger partial charge >= 0.3 is 0 Å². The number of nitrogens with zero attached hydrogens (tertiary/aromatic N) is 1. The standard InChI is InChI=1S/C18H28N2O/c1-3-5-16-13-20(10-4-2)17-11-14-6-8-19-9-7-15(14)12-18(17)21-16/h11-12,16,19H,3-10,13H2,1-2H3/t16-/m0/s1. The van der Waals surface area contributed by atoms with Crippen LogP contribution >= 0.6 is 0 Å². The summed E-state index contributed by atoms with van der Waals surface area (Å²) in [6.07, 6.45) is 6.15. The second-order valence-corrected chi connectivity index (χ2v) is 6.31. The van der Waals surface area contributed by atoms with Gasteiger partial charge in [0.1, 0.15) is 11.9 Å². The zero-order valence-corrected chi connectivity index (χ0v) is 13.5. The zero-order chi connectivity index (χ0) is 14.7. The highest BCUT2D eigenvalue weighted by molar-refractivity contribution is 5.64. The van der Waals surface area contributed by atoms with Gasteiger partial charge in [-0.1, -0.05) is 20.3 Å². The third kappa shape index (κ3) is 3.18. The lowest BCUT2D eigenvalue weighted by Gasteiger charge is -2.37. The van der Waals surface area contributed by atoms with Crippen molar-refractivity contribution in [2.75, 3.05) is 31.1 Å². The van der Waals surface area contributed by atoms with Gasteiger partial charge in [-0.15, -0.1) is 0 Å². The quantitative estimate of drug-likeness (QED) is 0.921. The van der Waals surface area contributed by atoms with Crippen molar-refractivity contribution in [2.45, 2.75) is 52.1 Å². The maximum Gasteiger partial charge on any atom is 0.143 e. The van der Waals surface area contributed by atoms with Crippen molar-refractivity contribution < 1.29 is 4.74 Å². The fourth-order valence-corrected chi connectivity index (χ4v) is 3.55. The highest BCUT2D eigenvalue weighted by Crippen LogP contribution is 2.37. The Morgan fingerprint density at radius 2 is 1.90 bits per heavy atom. The molecule has 0 aliphatic carbocycles. The summed E-state index contributed by atoms with van der Waals surface area (Å²) in [6, 6.07) is 4.72. The molecule has 3 heteroatoms. The van der Waals surface area contributed by atoms with Gasteiger partial charge in [0.15, 0.2) is 0 Å². The Hall–Kier alpha value is -1.22. The highest BCUT2D eigenvalue weighted by Gasteiger charge is 2.26. The first-order valence-electron chi connectivity index (χ1n) is 8.60. The van der Waals surface area contributed by atoms with Crippen LogP contribution in [0.2, 0.25) is 0 Å². The highest BCUT2D eigenvalue weighted by atomic mass is 16.5. The monoisotopic (exact) mass is 288 g/mol. The van der Waals surface area contributed by atoms with Crippen LogP contribution in [0.5, 0.6) is 5.75 Å². The normalized spacial score (nSPS) is 21.2. The van der Waals surface area contributed by atoms with Crippen LogP contribution in [-0.2, 0) is 12.8 Å². The number of anilines is 1. The average Bonchev–Trinajstić information content (AvgIpc) is 2.71. The first kappa shape index (κ1) is 14.7. The van der Waals surface area contributed by atoms with Crippen LogP contribution < -0.4 is 15.0 Å².